The molecule has 0 bridgehead atoms. The minimum Gasteiger partial charge on any atom is -0.507 e. The first kappa shape index (κ1) is 10.9. The lowest BCUT2D eigenvalue weighted by molar-refractivity contribution is 0.0824. The smallest absolute Gasteiger partial charge is 0.257 e. The van der Waals surface area contributed by atoms with Crippen LogP contribution in [-0.2, 0) is 0 Å². The zero-order chi connectivity index (χ0) is 10.7. The maximum atomic E-state index is 11.6. The van der Waals surface area contributed by atoms with Gasteiger partial charge in [-0.25, -0.2) is 0 Å². The summed E-state index contributed by atoms with van der Waals surface area (Å²) in [7, 11) is 3.32. The number of hydrogen-bond acceptors (Lipinski definition) is 3. The zero-order valence-electron chi connectivity index (χ0n) is 8.44. The van der Waals surface area contributed by atoms with E-state index in [4.69, 9.17) is 0 Å². The molecule has 0 heterocycles. The maximum Gasteiger partial charge on any atom is 0.257 e. The fourth-order valence-corrected chi connectivity index (χ4v) is 1.49. The van der Waals surface area contributed by atoms with Crippen molar-refractivity contribution in [3.63, 3.8) is 0 Å². The second-order valence-electron chi connectivity index (χ2n) is 3.08. The quantitative estimate of drug-likeness (QED) is 0.758. The van der Waals surface area contributed by atoms with Crippen molar-refractivity contribution in [1.82, 2.24) is 4.90 Å². The summed E-state index contributed by atoms with van der Waals surface area (Å²) in [5.41, 5.74) is 0.349. The van der Waals surface area contributed by atoms with Gasteiger partial charge >= 0.3 is 0 Å². The molecule has 1 amide bonds. The molecule has 1 aromatic carbocycles. The Labute approximate surface area is 87.7 Å². The summed E-state index contributed by atoms with van der Waals surface area (Å²) < 4.78 is 0. The highest BCUT2D eigenvalue weighted by Crippen LogP contribution is 2.24. The van der Waals surface area contributed by atoms with Crippen LogP contribution in [0.15, 0.2) is 23.1 Å². The van der Waals surface area contributed by atoms with E-state index < -0.39 is 0 Å². The van der Waals surface area contributed by atoms with Crippen LogP contribution in [0.25, 0.3) is 0 Å². The molecule has 0 radical (unpaired) electrons. The monoisotopic (exact) mass is 211 g/mol. The van der Waals surface area contributed by atoms with Crippen molar-refractivity contribution in [2.75, 3.05) is 20.4 Å². The molecule has 14 heavy (non-hydrogen) atoms. The van der Waals surface area contributed by atoms with E-state index in [2.05, 4.69) is 0 Å². The summed E-state index contributed by atoms with van der Waals surface area (Å²) in [5, 5.41) is 9.49. The van der Waals surface area contributed by atoms with Crippen molar-refractivity contribution in [3.05, 3.63) is 23.8 Å². The van der Waals surface area contributed by atoms with Crippen LogP contribution in [0.2, 0.25) is 0 Å². The highest BCUT2D eigenvalue weighted by Gasteiger charge is 2.13. The molecular weight excluding hydrogens is 198 g/mol. The number of amides is 1. The number of phenols is 1. The summed E-state index contributed by atoms with van der Waals surface area (Å²) in [6, 6.07) is 5.03. The molecule has 1 aromatic rings. The number of phenolic OH excluding ortho intramolecular Hbond substituents is 1. The summed E-state index contributed by atoms with van der Waals surface area (Å²) in [6.45, 7) is 0. The summed E-state index contributed by atoms with van der Waals surface area (Å²) in [5.74, 6) is -0.153. The molecular formula is C10H13NO2S. The van der Waals surface area contributed by atoms with Gasteiger partial charge in [-0.05, 0) is 24.5 Å². The molecule has 0 aliphatic rings. The molecule has 0 aliphatic heterocycles. The molecule has 0 aromatic heterocycles. The Bertz CT molecular complexity index is 350. The number of hydrogen-bond donors (Lipinski definition) is 1. The molecule has 76 valence electrons. The Hall–Kier alpha value is -1.16. The Morgan fingerprint density at radius 1 is 1.43 bits per heavy atom. The number of rotatable bonds is 2. The van der Waals surface area contributed by atoms with Crippen molar-refractivity contribution in [2.45, 2.75) is 4.90 Å². The van der Waals surface area contributed by atoms with Gasteiger partial charge in [0.25, 0.3) is 5.91 Å². The van der Waals surface area contributed by atoms with Gasteiger partial charge in [0.05, 0.1) is 5.56 Å². The van der Waals surface area contributed by atoms with Crippen molar-refractivity contribution in [1.29, 1.82) is 0 Å². The third-order valence-electron chi connectivity index (χ3n) is 1.84. The highest BCUT2D eigenvalue weighted by molar-refractivity contribution is 7.98. The molecule has 3 nitrogen and oxygen atoms in total. The van der Waals surface area contributed by atoms with E-state index in [-0.39, 0.29) is 11.7 Å². The predicted molar refractivity (Wildman–Crippen MR) is 57.9 cm³/mol. The third-order valence-corrected chi connectivity index (χ3v) is 2.57. The third kappa shape index (κ3) is 2.20. The van der Waals surface area contributed by atoms with Crippen LogP contribution in [-0.4, -0.2) is 36.3 Å². The first-order valence-corrected chi connectivity index (χ1v) is 5.37. The van der Waals surface area contributed by atoms with Crippen LogP contribution in [0.4, 0.5) is 0 Å². The number of benzene rings is 1. The van der Waals surface area contributed by atoms with Crippen molar-refractivity contribution in [2.24, 2.45) is 0 Å². The van der Waals surface area contributed by atoms with E-state index in [0.29, 0.717) is 5.56 Å². The lowest BCUT2D eigenvalue weighted by Crippen LogP contribution is -2.21. The zero-order valence-corrected chi connectivity index (χ0v) is 9.26. The van der Waals surface area contributed by atoms with Gasteiger partial charge in [-0.1, -0.05) is 0 Å². The topological polar surface area (TPSA) is 40.5 Å². The van der Waals surface area contributed by atoms with E-state index in [9.17, 15) is 9.90 Å². The SMILES string of the molecule is CSc1ccc(O)c(C(=O)N(C)C)c1. The molecule has 0 saturated heterocycles. The fourth-order valence-electron chi connectivity index (χ4n) is 1.05. The number of carbonyl (C=O) groups excluding carboxylic acids is 1. The standard InChI is InChI=1S/C10H13NO2S/c1-11(2)10(13)8-6-7(14-3)4-5-9(8)12/h4-6,12H,1-3H3. The number of thioether (sulfide) groups is 1. The van der Waals surface area contributed by atoms with Crippen LogP contribution in [0.3, 0.4) is 0 Å². The first-order valence-electron chi connectivity index (χ1n) is 4.15. The van der Waals surface area contributed by atoms with Crippen molar-refractivity contribution >= 4 is 17.7 Å². The Balaban J connectivity index is 3.12. The Morgan fingerprint density at radius 2 is 2.07 bits per heavy atom. The Morgan fingerprint density at radius 3 is 2.57 bits per heavy atom. The predicted octanol–water partition coefficient (Wildman–Crippen LogP) is 1.82. The van der Waals surface area contributed by atoms with Gasteiger partial charge in [0, 0.05) is 19.0 Å². The molecule has 0 saturated carbocycles. The highest BCUT2D eigenvalue weighted by atomic mass is 32.2. The van der Waals surface area contributed by atoms with Crippen LogP contribution in [0.5, 0.6) is 5.75 Å². The van der Waals surface area contributed by atoms with Gasteiger partial charge in [-0.2, -0.15) is 0 Å². The number of aromatic hydroxyl groups is 1. The summed E-state index contributed by atoms with van der Waals surface area (Å²) in [6.07, 6.45) is 1.93. The lowest BCUT2D eigenvalue weighted by Gasteiger charge is -2.12. The maximum absolute atomic E-state index is 11.6. The molecule has 0 unspecified atom stereocenters. The van der Waals surface area contributed by atoms with E-state index in [0.717, 1.165) is 4.90 Å². The van der Waals surface area contributed by atoms with Crippen LogP contribution in [0, 0.1) is 0 Å². The Kier molecular flexibility index (Phi) is 3.41. The van der Waals surface area contributed by atoms with Crippen LogP contribution >= 0.6 is 11.8 Å². The summed E-state index contributed by atoms with van der Waals surface area (Å²) in [4.78, 5) is 14.0. The van der Waals surface area contributed by atoms with Crippen LogP contribution < -0.4 is 0 Å². The van der Waals surface area contributed by atoms with Crippen molar-refractivity contribution in [3.8, 4) is 5.75 Å². The second-order valence-corrected chi connectivity index (χ2v) is 3.96. The lowest BCUT2D eigenvalue weighted by atomic mass is 10.2. The average Bonchev–Trinajstić information content (AvgIpc) is 2.17. The molecule has 4 heteroatoms. The van der Waals surface area contributed by atoms with Gasteiger partial charge < -0.3 is 10.0 Å². The molecule has 0 fully saturated rings. The van der Waals surface area contributed by atoms with E-state index in [1.807, 2.05) is 6.26 Å². The first-order chi connectivity index (χ1) is 6.56. The van der Waals surface area contributed by atoms with Gasteiger partial charge in [0.15, 0.2) is 0 Å². The molecule has 1 rings (SSSR count). The fraction of sp³-hybridized carbons (Fsp3) is 0.300. The molecule has 1 N–H and O–H groups in total. The van der Waals surface area contributed by atoms with E-state index in [1.54, 1.807) is 32.3 Å². The van der Waals surface area contributed by atoms with Gasteiger partial charge in [0.2, 0.25) is 0 Å². The average molecular weight is 211 g/mol. The van der Waals surface area contributed by atoms with E-state index in [1.165, 1.54) is 16.7 Å². The number of carbonyl (C=O) groups is 1. The van der Waals surface area contributed by atoms with Crippen molar-refractivity contribution < 1.29 is 9.90 Å². The molecule has 0 atom stereocenters. The normalized spacial score (nSPS) is 9.93. The van der Waals surface area contributed by atoms with Gasteiger partial charge in [-0.3, -0.25) is 4.79 Å². The largest absolute Gasteiger partial charge is 0.507 e. The van der Waals surface area contributed by atoms with Gasteiger partial charge in [0.1, 0.15) is 5.75 Å². The minimum absolute atomic E-state index is 0.0292. The second kappa shape index (κ2) is 4.37. The minimum atomic E-state index is -0.182. The van der Waals surface area contributed by atoms with Gasteiger partial charge in [-0.15, -0.1) is 11.8 Å². The van der Waals surface area contributed by atoms with E-state index >= 15 is 0 Å². The summed E-state index contributed by atoms with van der Waals surface area (Å²) >= 11 is 1.54. The van der Waals surface area contributed by atoms with Crippen LogP contribution in [0.1, 0.15) is 10.4 Å². The molecule has 0 aliphatic carbocycles. The molecule has 0 spiro atoms. The number of nitrogens with zero attached hydrogens (tertiary/aromatic N) is 1.